The predicted octanol–water partition coefficient (Wildman–Crippen LogP) is 1.23. The SMILES string of the molecule is COC(C)(C)CNC(=O)C(N)c1ccccc1. The van der Waals surface area contributed by atoms with Crippen molar-refractivity contribution in [1.29, 1.82) is 0 Å². The molecule has 1 amide bonds. The summed E-state index contributed by atoms with van der Waals surface area (Å²) in [5.74, 6) is -0.193. The average molecular weight is 236 g/mol. The number of ether oxygens (including phenoxy) is 1. The van der Waals surface area contributed by atoms with Crippen LogP contribution in [0.2, 0.25) is 0 Å². The molecule has 3 N–H and O–H groups in total. The zero-order chi connectivity index (χ0) is 12.9. The maximum Gasteiger partial charge on any atom is 0.241 e. The maximum absolute atomic E-state index is 11.8. The van der Waals surface area contributed by atoms with Gasteiger partial charge in [0.15, 0.2) is 0 Å². The maximum atomic E-state index is 11.8. The van der Waals surface area contributed by atoms with Gasteiger partial charge in [0.05, 0.1) is 5.60 Å². The van der Waals surface area contributed by atoms with Gasteiger partial charge in [0.25, 0.3) is 0 Å². The minimum Gasteiger partial charge on any atom is -0.377 e. The lowest BCUT2D eigenvalue weighted by Gasteiger charge is -2.24. The molecule has 0 radical (unpaired) electrons. The summed E-state index contributed by atoms with van der Waals surface area (Å²) >= 11 is 0. The molecule has 0 saturated carbocycles. The summed E-state index contributed by atoms with van der Waals surface area (Å²) in [6.45, 7) is 4.24. The van der Waals surface area contributed by atoms with Gasteiger partial charge in [0, 0.05) is 13.7 Å². The number of benzene rings is 1. The standard InChI is InChI=1S/C13H20N2O2/c1-13(2,17-3)9-15-12(16)11(14)10-7-5-4-6-8-10/h4-8,11H,9,14H2,1-3H3,(H,15,16). The first-order valence-electron chi connectivity index (χ1n) is 5.59. The number of nitrogens with two attached hydrogens (primary N) is 1. The molecule has 0 heterocycles. The topological polar surface area (TPSA) is 64.3 Å². The molecule has 1 rings (SSSR count). The second-order valence-electron chi connectivity index (χ2n) is 4.57. The third-order valence-corrected chi connectivity index (χ3v) is 2.68. The third-order valence-electron chi connectivity index (χ3n) is 2.68. The molecule has 0 aliphatic heterocycles. The van der Waals surface area contributed by atoms with Crippen molar-refractivity contribution in [2.75, 3.05) is 13.7 Å². The van der Waals surface area contributed by atoms with Crippen molar-refractivity contribution in [3.63, 3.8) is 0 Å². The molecule has 1 atom stereocenters. The fraction of sp³-hybridized carbons (Fsp3) is 0.462. The molecule has 17 heavy (non-hydrogen) atoms. The second-order valence-corrected chi connectivity index (χ2v) is 4.57. The van der Waals surface area contributed by atoms with E-state index in [1.54, 1.807) is 7.11 Å². The van der Waals surface area contributed by atoms with Crippen LogP contribution in [-0.4, -0.2) is 25.2 Å². The van der Waals surface area contributed by atoms with Crippen LogP contribution in [0.1, 0.15) is 25.5 Å². The van der Waals surface area contributed by atoms with Crippen molar-refractivity contribution >= 4 is 5.91 Å². The normalized spacial score (nSPS) is 13.2. The lowest BCUT2D eigenvalue weighted by Crippen LogP contribution is -2.43. The third kappa shape index (κ3) is 4.17. The lowest BCUT2D eigenvalue weighted by atomic mass is 10.1. The quantitative estimate of drug-likeness (QED) is 0.808. The van der Waals surface area contributed by atoms with E-state index in [2.05, 4.69) is 5.32 Å². The molecule has 4 nitrogen and oxygen atoms in total. The van der Waals surface area contributed by atoms with Crippen LogP contribution in [0.15, 0.2) is 30.3 Å². The van der Waals surface area contributed by atoms with E-state index in [0.29, 0.717) is 6.54 Å². The Kier molecular flexibility index (Phi) is 4.66. The van der Waals surface area contributed by atoms with Crippen LogP contribution < -0.4 is 11.1 Å². The first kappa shape index (κ1) is 13.7. The molecule has 0 spiro atoms. The van der Waals surface area contributed by atoms with Crippen LogP contribution in [-0.2, 0) is 9.53 Å². The first-order valence-corrected chi connectivity index (χ1v) is 5.59. The van der Waals surface area contributed by atoms with Gasteiger partial charge in [-0.2, -0.15) is 0 Å². The Morgan fingerprint density at radius 3 is 2.53 bits per heavy atom. The Morgan fingerprint density at radius 2 is 2.00 bits per heavy atom. The molecule has 0 bridgehead atoms. The highest BCUT2D eigenvalue weighted by molar-refractivity contribution is 5.82. The van der Waals surface area contributed by atoms with Crippen LogP contribution in [0.4, 0.5) is 0 Å². The minimum atomic E-state index is -0.635. The number of amides is 1. The van der Waals surface area contributed by atoms with E-state index in [-0.39, 0.29) is 11.5 Å². The fourth-order valence-corrected chi connectivity index (χ4v) is 1.29. The number of methoxy groups -OCH3 is 1. The van der Waals surface area contributed by atoms with Gasteiger partial charge in [-0.15, -0.1) is 0 Å². The van der Waals surface area contributed by atoms with E-state index in [0.717, 1.165) is 5.56 Å². The molecule has 0 aliphatic carbocycles. The van der Waals surface area contributed by atoms with Crippen LogP contribution in [0, 0.1) is 0 Å². The van der Waals surface area contributed by atoms with Crippen LogP contribution in [0.5, 0.6) is 0 Å². The van der Waals surface area contributed by atoms with Crippen molar-refractivity contribution in [3.8, 4) is 0 Å². The average Bonchev–Trinajstić information content (AvgIpc) is 2.36. The molecule has 4 heteroatoms. The number of carbonyl (C=O) groups is 1. The van der Waals surface area contributed by atoms with Crippen molar-refractivity contribution in [1.82, 2.24) is 5.32 Å². The van der Waals surface area contributed by atoms with Gasteiger partial charge in [-0.25, -0.2) is 0 Å². The van der Waals surface area contributed by atoms with Gasteiger partial charge in [-0.3, -0.25) is 4.79 Å². The molecule has 0 saturated heterocycles. The Bertz CT molecular complexity index is 363. The lowest BCUT2D eigenvalue weighted by molar-refractivity contribution is -0.123. The Labute approximate surface area is 102 Å². The van der Waals surface area contributed by atoms with E-state index in [1.165, 1.54) is 0 Å². The number of carbonyl (C=O) groups excluding carboxylic acids is 1. The monoisotopic (exact) mass is 236 g/mol. The zero-order valence-electron chi connectivity index (χ0n) is 10.6. The zero-order valence-corrected chi connectivity index (χ0v) is 10.6. The van der Waals surface area contributed by atoms with Gasteiger partial charge in [0.1, 0.15) is 6.04 Å². The summed E-state index contributed by atoms with van der Waals surface area (Å²) in [6, 6.07) is 8.66. The number of hydrogen-bond donors (Lipinski definition) is 2. The van der Waals surface area contributed by atoms with Gasteiger partial charge < -0.3 is 15.8 Å². The van der Waals surface area contributed by atoms with Crippen molar-refractivity contribution in [2.45, 2.75) is 25.5 Å². The summed E-state index contributed by atoms with van der Waals surface area (Å²) in [4.78, 5) is 11.8. The molecular formula is C13H20N2O2. The van der Waals surface area contributed by atoms with Gasteiger partial charge in [-0.05, 0) is 19.4 Å². The first-order chi connectivity index (χ1) is 7.96. The van der Waals surface area contributed by atoms with E-state index in [1.807, 2.05) is 44.2 Å². The van der Waals surface area contributed by atoms with Crippen molar-refractivity contribution in [3.05, 3.63) is 35.9 Å². The van der Waals surface area contributed by atoms with Gasteiger partial charge in [-0.1, -0.05) is 30.3 Å². The Morgan fingerprint density at radius 1 is 1.41 bits per heavy atom. The summed E-state index contributed by atoms with van der Waals surface area (Å²) < 4.78 is 5.22. The highest BCUT2D eigenvalue weighted by Gasteiger charge is 2.20. The van der Waals surface area contributed by atoms with E-state index in [4.69, 9.17) is 10.5 Å². The van der Waals surface area contributed by atoms with E-state index >= 15 is 0 Å². The van der Waals surface area contributed by atoms with Crippen LogP contribution in [0.3, 0.4) is 0 Å². The largest absolute Gasteiger partial charge is 0.377 e. The minimum absolute atomic E-state index is 0.193. The summed E-state index contributed by atoms with van der Waals surface area (Å²) in [5, 5.41) is 2.78. The van der Waals surface area contributed by atoms with Gasteiger partial charge >= 0.3 is 0 Å². The summed E-state index contributed by atoms with van der Waals surface area (Å²) in [5.41, 5.74) is 6.28. The molecule has 1 aromatic carbocycles. The summed E-state index contributed by atoms with van der Waals surface area (Å²) in [6.07, 6.45) is 0. The highest BCUT2D eigenvalue weighted by atomic mass is 16.5. The molecule has 0 fully saturated rings. The fourth-order valence-electron chi connectivity index (χ4n) is 1.29. The van der Waals surface area contributed by atoms with Gasteiger partial charge in [0.2, 0.25) is 5.91 Å². The second kappa shape index (κ2) is 5.80. The molecule has 1 unspecified atom stereocenters. The Hall–Kier alpha value is -1.39. The molecule has 94 valence electrons. The van der Waals surface area contributed by atoms with E-state index in [9.17, 15) is 4.79 Å². The molecule has 0 aromatic heterocycles. The number of rotatable bonds is 5. The Balaban J connectivity index is 2.54. The molecule has 0 aliphatic rings. The highest BCUT2D eigenvalue weighted by Crippen LogP contribution is 2.10. The summed E-state index contributed by atoms with van der Waals surface area (Å²) in [7, 11) is 1.61. The van der Waals surface area contributed by atoms with Crippen molar-refractivity contribution in [2.24, 2.45) is 5.73 Å². The molecule has 1 aromatic rings. The predicted molar refractivity (Wildman–Crippen MR) is 67.5 cm³/mol. The van der Waals surface area contributed by atoms with E-state index < -0.39 is 6.04 Å². The molecular weight excluding hydrogens is 216 g/mol. The van der Waals surface area contributed by atoms with Crippen LogP contribution in [0.25, 0.3) is 0 Å². The number of nitrogens with one attached hydrogen (secondary N) is 1. The smallest absolute Gasteiger partial charge is 0.241 e. The number of hydrogen-bond acceptors (Lipinski definition) is 3. The van der Waals surface area contributed by atoms with Crippen molar-refractivity contribution < 1.29 is 9.53 Å². The van der Waals surface area contributed by atoms with Crippen LogP contribution >= 0.6 is 0 Å².